The van der Waals surface area contributed by atoms with E-state index in [4.69, 9.17) is 5.26 Å². The smallest absolute Gasteiger partial charge is 0.0937 e. The van der Waals surface area contributed by atoms with Crippen molar-refractivity contribution in [1.82, 2.24) is 4.98 Å². The summed E-state index contributed by atoms with van der Waals surface area (Å²) in [5, 5.41) is 11.8. The third-order valence-electron chi connectivity index (χ3n) is 1.97. The van der Waals surface area contributed by atoms with Crippen molar-refractivity contribution in [2.75, 3.05) is 12.4 Å². The van der Waals surface area contributed by atoms with E-state index in [1.54, 1.807) is 6.20 Å². The Hall–Kier alpha value is -1.56. The summed E-state index contributed by atoms with van der Waals surface area (Å²) in [4.78, 5) is 4.21. The highest BCUT2D eigenvalue weighted by Crippen LogP contribution is 2.20. The lowest BCUT2D eigenvalue weighted by atomic mass is 9.91. The molecule has 0 saturated heterocycles. The molecule has 3 nitrogen and oxygen atoms in total. The minimum atomic E-state index is -0.508. The highest BCUT2D eigenvalue weighted by atomic mass is 14.8. The van der Waals surface area contributed by atoms with Crippen LogP contribution >= 0.6 is 0 Å². The molecule has 0 amide bonds. The van der Waals surface area contributed by atoms with Crippen molar-refractivity contribution < 1.29 is 0 Å². The van der Waals surface area contributed by atoms with Crippen molar-refractivity contribution in [3.63, 3.8) is 0 Å². The first-order valence-corrected chi connectivity index (χ1v) is 4.15. The Kier molecular flexibility index (Phi) is 2.52. The van der Waals surface area contributed by atoms with Crippen LogP contribution in [0.25, 0.3) is 0 Å². The SMILES string of the molecule is CNc1ccc(C(C)(C)C#N)nc1. The summed E-state index contributed by atoms with van der Waals surface area (Å²) in [6, 6.07) is 6.00. The fourth-order valence-electron chi connectivity index (χ4n) is 0.969. The molecule has 0 spiro atoms. The van der Waals surface area contributed by atoms with Gasteiger partial charge in [-0.2, -0.15) is 5.26 Å². The first-order valence-electron chi connectivity index (χ1n) is 4.15. The van der Waals surface area contributed by atoms with E-state index in [9.17, 15) is 0 Å². The third kappa shape index (κ3) is 1.97. The molecular weight excluding hydrogens is 162 g/mol. The molecule has 0 saturated carbocycles. The fraction of sp³-hybridized carbons (Fsp3) is 0.400. The van der Waals surface area contributed by atoms with Gasteiger partial charge in [0.1, 0.15) is 0 Å². The van der Waals surface area contributed by atoms with E-state index in [2.05, 4.69) is 16.4 Å². The maximum atomic E-state index is 8.87. The van der Waals surface area contributed by atoms with Gasteiger partial charge in [0.25, 0.3) is 0 Å². The lowest BCUT2D eigenvalue weighted by Crippen LogP contribution is -2.15. The Morgan fingerprint density at radius 1 is 1.46 bits per heavy atom. The molecule has 0 fully saturated rings. The van der Waals surface area contributed by atoms with Gasteiger partial charge in [0.15, 0.2) is 0 Å². The lowest BCUT2D eigenvalue weighted by Gasteiger charge is -2.14. The monoisotopic (exact) mass is 175 g/mol. The second kappa shape index (κ2) is 3.44. The molecule has 1 heterocycles. The molecule has 0 radical (unpaired) electrons. The van der Waals surface area contributed by atoms with Crippen molar-refractivity contribution in [3.8, 4) is 6.07 Å². The van der Waals surface area contributed by atoms with Gasteiger partial charge < -0.3 is 5.32 Å². The number of nitrogens with zero attached hydrogens (tertiary/aromatic N) is 2. The van der Waals surface area contributed by atoms with E-state index < -0.39 is 5.41 Å². The van der Waals surface area contributed by atoms with Gasteiger partial charge in [0.05, 0.1) is 29.1 Å². The van der Waals surface area contributed by atoms with Crippen LogP contribution in [0.5, 0.6) is 0 Å². The van der Waals surface area contributed by atoms with Crippen LogP contribution in [0.1, 0.15) is 19.5 Å². The van der Waals surface area contributed by atoms with Gasteiger partial charge in [-0.05, 0) is 26.0 Å². The number of anilines is 1. The Balaban J connectivity index is 3.00. The zero-order chi connectivity index (χ0) is 9.90. The highest BCUT2D eigenvalue weighted by Gasteiger charge is 2.20. The minimum Gasteiger partial charge on any atom is -0.387 e. The minimum absolute atomic E-state index is 0.508. The fourth-order valence-corrected chi connectivity index (χ4v) is 0.969. The molecule has 3 heteroatoms. The van der Waals surface area contributed by atoms with E-state index in [0.717, 1.165) is 11.4 Å². The van der Waals surface area contributed by atoms with Crippen molar-refractivity contribution >= 4 is 5.69 Å². The normalized spacial score (nSPS) is 10.6. The summed E-state index contributed by atoms with van der Waals surface area (Å²) in [7, 11) is 1.84. The molecule has 1 N–H and O–H groups in total. The number of hydrogen-bond acceptors (Lipinski definition) is 3. The summed E-state index contributed by atoms with van der Waals surface area (Å²) in [5.74, 6) is 0. The molecule has 68 valence electrons. The Bertz CT molecular complexity index is 319. The average Bonchev–Trinajstić information content (AvgIpc) is 2.18. The average molecular weight is 175 g/mol. The van der Waals surface area contributed by atoms with Crippen LogP contribution in [0.3, 0.4) is 0 Å². The first-order chi connectivity index (χ1) is 6.10. The summed E-state index contributed by atoms with van der Waals surface area (Å²) < 4.78 is 0. The van der Waals surface area contributed by atoms with Crippen LogP contribution in [0.2, 0.25) is 0 Å². The van der Waals surface area contributed by atoms with Crippen LogP contribution in [-0.2, 0) is 5.41 Å². The Morgan fingerprint density at radius 3 is 2.54 bits per heavy atom. The second-order valence-electron chi connectivity index (χ2n) is 3.42. The molecule has 0 unspecified atom stereocenters. The highest BCUT2D eigenvalue weighted by molar-refractivity contribution is 5.41. The number of nitrogens with one attached hydrogen (secondary N) is 1. The molecule has 0 aliphatic heterocycles. The third-order valence-corrected chi connectivity index (χ3v) is 1.97. The first kappa shape index (κ1) is 9.53. The van der Waals surface area contributed by atoms with Crippen LogP contribution in [-0.4, -0.2) is 12.0 Å². The number of rotatable bonds is 2. The number of hydrogen-bond donors (Lipinski definition) is 1. The number of nitriles is 1. The van der Waals surface area contributed by atoms with Gasteiger partial charge >= 0.3 is 0 Å². The standard InChI is InChI=1S/C10H13N3/c1-10(2,7-11)9-5-4-8(12-3)6-13-9/h4-6,12H,1-3H3. The van der Waals surface area contributed by atoms with Gasteiger partial charge in [-0.25, -0.2) is 0 Å². The summed E-state index contributed by atoms with van der Waals surface area (Å²) in [6.07, 6.45) is 1.73. The Labute approximate surface area is 78.4 Å². The number of aromatic nitrogens is 1. The van der Waals surface area contributed by atoms with E-state index in [0.29, 0.717) is 0 Å². The zero-order valence-electron chi connectivity index (χ0n) is 8.13. The van der Waals surface area contributed by atoms with Crippen molar-refractivity contribution in [3.05, 3.63) is 24.0 Å². The second-order valence-corrected chi connectivity index (χ2v) is 3.42. The summed E-state index contributed by atoms with van der Waals surface area (Å²) >= 11 is 0. The van der Waals surface area contributed by atoms with Gasteiger partial charge in [0.2, 0.25) is 0 Å². The van der Waals surface area contributed by atoms with Crippen molar-refractivity contribution in [2.24, 2.45) is 0 Å². The van der Waals surface area contributed by atoms with Gasteiger partial charge in [-0.1, -0.05) is 0 Å². The molecule has 13 heavy (non-hydrogen) atoms. The largest absolute Gasteiger partial charge is 0.387 e. The molecule has 0 bridgehead atoms. The topological polar surface area (TPSA) is 48.7 Å². The van der Waals surface area contributed by atoms with Crippen molar-refractivity contribution in [1.29, 1.82) is 5.26 Å². The predicted molar refractivity (Wildman–Crippen MR) is 52.4 cm³/mol. The number of pyridine rings is 1. The Morgan fingerprint density at radius 2 is 2.15 bits per heavy atom. The summed E-state index contributed by atoms with van der Waals surface area (Å²) in [5.41, 5.74) is 1.25. The van der Waals surface area contributed by atoms with E-state index in [1.165, 1.54) is 0 Å². The molecule has 0 aromatic carbocycles. The molecule has 1 aromatic rings. The summed E-state index contributed by atoms with van der Waals surface area (Å²) in [6.45, 7) is 3.71. The van der Waals surface area contributed by atoms with E-state index in [-0.39, 0.29) is 0 Å². The predicted octanol–water partition coefficient (Wildman–Crippen LogP) is 1.92. The molecular formula is C10H13N3. The molecule has 1 aromatic heterocycles. The maximum Gasteiger partial charge on any atom is 0.0937 e. The van der Waals surface area contributed by atoms with Crippen LogP contribution in [0, 0.1) is 11.3 Å². The molecule has 0 atom stereocenters. The van der Waals surface area contributed by atoms with Gasteiger partial charge in [-0.3, -0.25) is 4.98 Å². The van der Waals surface area contributed by atoms with Crippen molar-refractivity contribution in [2.45, 2.75) is 19.3 Å². The van der Waals surface area contributed by atoms with E-state index in [1.807, 2.05) is 33.0 Å². The maximum absolute atomic E-state index is 8.87. The molecule has 1 rings (SSSR count). The molecule has 0 aliphatic rings. The van der Waals surface area contributed by atoms with Gasteiger partial charge in [-0.15, -0.1) is 0 Å². The van der Waals surface area contributed by atoms with Gasteiger partial charge in [0, 0.05) is 7.05 Å². The lowest BCUT2D eigenvalue weighted by molar-refractivity contribution is 0.660. The van der Waals surface area contributed by atoms with Crippen LogP contribution in [0.15, 0.2) is 18.3 Å². The van der Waals surface area contributed by atoms with E-state index >= 15 is 0 Å². The zero-order valence-corrected chi connectivity index (χ0v) is 8.13. The molecule has 0 aliphatic carbocycles. The van der Waals surface area contributed by atoms with Crippen LogP contribution in [0.4, 0.5) is 5.69 Å². The quantitative estimate of drug-likeness (QED) is 0.747. The van der Waals surface area contributed by atoms with Crippen LogP contribution < -0.4 is 5.32 Å².